The summed E-state index contributed by atoms with van der Waals surface area (Å²) in [5.41, 5.74) is 5.64. The van der Waals surface area contributed by atoms with E-state index in [1.807, 2.05) is 18.9 Å². The van der Waals surface area contributed by atoms with Crippen LogP contribution in [0.1, 0.15) is 27.2 Å². The van der Waals surface area contributed by atoms with Crippen molar-refractivity contribution in [2.45, 2.75) is 33.2 Å². The van der Waals surface area contributed by atoms with Gasteiger partial charge in [-0.3, -0.25) is 9.69 Å². The lowest BCUT2D eigenvalue weighted by molar-refractivity contribution is -0.122. The highest BCUT2D eigenvalue weighted by Crippen LogP contribution is 1.96. The molecule has 0 saturated carbocycles. The smallest absolute Gasteiger partial charge is 0.234 e. The molecule has 1 amide bonds. The van der Waals surface area contributed by atoms with Crippen LogP contribution in [0, 0.1) is 5.92 Å². The highest BCUT2D eigenvalue weighted by molar-refractivity contribution is 5.77. The van der Waals surface area contributed by atoms with Crippen LogP contribution in [-0.2, 0) is 4.79 Å². The Hall–Kier alpha value is -0.610. The molecule has 15 heavy (non-hydrogen) atoms. The van der Waals surface area contributed by atoms with Crippen molar-refractivity contribution in [1.82, 2.24) is 10.2 Å². The lowest BCUT2D eigenvalue weighted by atomic mass is 10.1. The molecule has 3 N–H and O–H groups in total. The molecule has 0 aliphatic carbocycles. The van der Waals surface area contributed by atoms with Gasteiger partial charge in [0.25, 0.3) is 0 Å². The van der Waals surface area contributed by atoms with Crippen molar-refractivity contribution in [1.29, 1.82) is 0 Å². The molecule has 0 spiro atoms. The minimum Gasteiger partial charge on any atom is -0.355 e. The topological polar surface area (TPSA) is 58.4 Å². The second-order valence-electron chi connectivity index (χ2n) is 4.71. The van der Waals surface area contributed by atoms with E-state index in [0.29, 0.717) is 12.5 Å². The van der Waals surface area contributed by atoms with Crippen LogP contribution < -0.4 is 11.1 Å². The number of nitrogens with two attached hydrogens (primary N) is 1. The van der Waals surface area contributed by atoms with E-state index in [1.165, 1.54) is 0 Å². The third-order valence-electron chi connectivity index (χ3n) is 2.06. The zero-order chi connectivity index (χ0) is 11.8. The zero-order valence-electron chi connectivity index (χ0n) is 10.4. The predicted molar refractivity (Wildman–Crippen MR) is 63.6 cm³/mol. The molecule has 0 bridgehead atoms. The maximum Gasteiger partial charge on any atom is 0.234 e. The molecule has 0 aromatic rings. The Balaban J connectivity index is 3.55. The third kappa shape index (κ3) is 9.69. The highest BCUT2D eigenvalue weighted by atomic mass is 16.2. The summed E-state index contributed by atoms with van der Waals surface area (Å²) in [5.74, 6) is 0.714. The summed E-state index contributed by atoms with van der Waals surface area (Å²) in [5, 5.41) is 2.90. The molecule has 90 valence electrons. The van der Waals surface area contributed by atoms with E-state index in [-0.39, 0.29) is 11.9 Å². The number of carbonyl (C=O) groups excluding carboxylic acids is 1. The number of carbonyl (C=O) groups is 1. The van der Waals surface area contributed by atoms with Crippen molar-refractivity contribution in [3.63, 3.8) is 0 Å². The van der Waals surface area contributed by atoms with Crippen molar-refractivity contribution >= 4 is 5.91 Å². The molecule has 1 unspecified atom stereocenters. The van der Waals surface area contributed by atoms with Gasteiger partial charge in [0.2, 0.25) is 5.91 Å². The molecule has 0 fully saturated rings. The second-order valence-corrected chi connectivity index (χ2v) is 4.71. The number of hydrogen-bond acceptors (Lipinski definition) is 3. The van der Waals surface area contributed by atoms with Gasteiger partial charge in [0, 0.05) is 19.1 Å². The number of rotatable bonds is 7. The molecule has 0 aromatic heterocycles. The summed E-state index contributed by atoms with van der Waals surface area (Å²) in [6.45, 7) is 8.18. The number of nitrogens with one attached hydrogen (secondary N) is 1. The molecule has 4 heteroatoms. The lowest BCUT2D eigenvalue weighted by Crippen LogP contribution is -2.40. The minimum atomic E-state index is 0.0822. The van der Waals surface area contributed by atoms with Gasteiger partial charge in [-0.15, -0.1) is 0 Å². The van der Waals surface area contributed by atoms with Crippen molar-refractivity contribution in [3.05, 3.63) is 0 Å². The highest BCUT2D eigenvalue weighted by Gasteiger charge is 2.07. The Labute approximate surface area is 93.2 Å². The van der Waals surface area contributed by atoms with Gasteiger partial charge in [0.1, 0.15) is 0 Å². The van der Waals surface area contributed by atoms with Gasteiger partial charge in [-0.2, -0.15) is 0 Å². The summed E-state index contributed by atoms with van der Waals surface area (Å²) in [7, 11) is 1.91. The fraction of sp³-hybridized carbons (Fsp3) is 0.909. The molecule has 4 nitrogen and oxygen atoms in total. The van der Waals surface area contributed by atoms with E-state index in [9.17, 15) is 4.79 Å². The number of likely N-dealkylation sites (N-methyl/N-ethyl adjacent to an activating group) is 1. The molecule has 0 aliphatic heterocycles. The van der Waals surface area contributed by atoms with E-state index >= 15 is 0 Å². The number of amides is 1. The van der Waals surface area contributed by atoms with Crippen molar-refractivity contribution in [2.75, 3.05) is 26.7 Å². The first kappa shape index (κ1) is 14.4. The summed E-state index contributed by atoms with van der Waals surface area (Å²) in [6, 6.07) is 0.110. The van der Waals surface area contributed by atoms with Gasteiger partial charge in [0.05, 0.1) is 6.54 Å². The van der Waals surface area contributed by atoms with Crippen LogP contribution in [0.3, 0.4) is 0 Å². The van der Waals surface area contributed by atoms with Gasteiger partial charge in [-0.05, 0) is 26.3 Å². The standard InChI is InChI=1S/C11H25N3O/c1-9(2)5-6-13-11(15)8-14(4)7-10(3)12/h9-10H,5-8,12H2,1-4H3,(H,13,15). The van der Waals surface area contributed by atoms with Gasteiger partial charge in [-0.1, -0.05) is 13.8 Å². The van der Waals surface area contributed by atoms with Gasteiger partial charge in [-0.25, -0.2) is 0 Å². The summed E-state index contributed by atoms with van der Waals surface area (Å²) >= 11 is 0. The van der Waals surface area contributed by atoms with Crippen LogP contribution in [0.15, 0.2) is 0 Å². The Morgan fingerprint density at radius 3 is 2.47 bits per heavy atom. The SMILES string of the molecule is CC(C)CCNC(=O)CN(C)CC(C)N. The monoisotopic (exact) mass is 215 g/mol. The Morgan fingerprint density at radius 1 is 1.40 bits per heavy atom. The second kappa shape index (κ2) is 7.65. The molecule has 0 aromatic carbocycles. The van der Waals surface area contributed by atoms with E-state index in [4.69, 9.17) is 5.73 Å². The van der Waals surface area contributed by atoms with Gasteiger partial charge >= 0.3 is 0 Å². The molecule has 0 heterocycles. The maximum absolute atomic E-state index is 11.4. The molecular formula is C11H25N3O. The third-order valence-corrected chi connectivity index (χ3v) is 2.06. The quantitative estimate of drug-likeness (QED) is 0.647. The molecule has 0 saturated heterocycles. The largest absolute Gasteiger partial charge is 0.355 e. The predicted octanol–water partition coefficient (Wildman–Crippen LogP) is 0.428. The molecule has 0 radical (unpaired) electrons. The molecule has 0 rings (SSSR count). The van der Waals surface area contributed by atoms with Crippen LogP contribution in [-0.4, -0.2) is 43.5 Å². The average Bonchev–Trinajstić information content (AvgIpc) is 2.00. The number of hydrogen-bond donors (Lipinski definition) is 2. The Morgan fingerprint density at radius 2 is 2.00 bits per heavy atom. The van der Waals surface area contributed by atoms with Gasteiger partial charge < -0.3 is 11.1 Å². The van der Waals surface area contributed by atoms with Crippen molar-refractivity contribution in [3.8, 4) is 0 Å². The van der Waals surface area contributed by atoms with Gasteiger partial charge in [0.15, 0.2) is 0 Å². The normalized spacial score (nSPS) is 13.3. The van der Waals surface area contributed by atoms with Crippen LogP contribution in [0.5, 0.6) is 0 Å². The van der Waals surface area contributed by atoms with E-state index in [0.717, 1.165) is 19.5 Å². The Kier molecular flexibility index (Phi) is 7.34. The first-order valence-corrected chi connectivity index (χ1v) is 5.62. The molecule has 1 atom stereocenters. The Bertz CT molecular complexity index is 181. The van der Waals surface area contributed by atoms with Crippen LogP contribution in [0.25, 0.3) is 0 Å². The van der Waals surface area contributed by atoms with Crippen LogP contribution in [0.2, 0.25) is 0 Å². The zero-order valence-corrected chi connectivity index (χ0v) is 10.4. The van der Waals surface area contributed by atoms with E-state index < -0.39 is 0 Å². The summed E-state index contributed by atoms with van der Waals surface area (Å²) in [6.07, 6.45) is 1.03. The number of nitrogens with zero attached hydrogens (tertiary/aromatic N) is 1. The fourth-order valence-corrected chi connectivity index (χ4v) is 1.36. The minimum absolute atomic E-state index is 0.0822. The first-order valence-electron chi connectivity index (χ1n) is 5.62. The molecule has 0 aliphatic rings. The van der Waals surface area contributed by atoms with Crippen LogP contribution in [0.4, 0.5) is 0 Å². The van der Waals surface area contributed by atoms with E-state index in [2.05, 4.69) is 19.2 Å². The van der Waals surface area contributed by atoms with Crippen molar-refractivity contribution < 1.29 is 4.79 Å². The van der Waals surface area contributed by atoms with E-state index in [1.54, 1.807) is 0 Å². The fourth-order valence-electron chi connectivity index (χ4n) is 1.36. The molecular weight excluding hydrogens is 190 g/mol. The lowest BCUT2D eigenvalue weighted by Gasteiger charge is -2.18. The maximum atomic E-state index is 11.4. The first-order chi connectivity index (χ1) is 6.91. The summed E-state index contributed by atoms with van der Waals surface area (Å²) < 4.78 is 0. The summed E-state index contributed by atoms with van der Waals surface area (Å²) in [4.78, 5) is 13.4. The average molecular weight is 215 g/mol. The van der Waals surface area contributed by atoms with Crippen LogP contribution >= 0.6 is 0 Å². The van der Waals surface area contributed by atoms with Crippen molar-refractivity contribution in [2.24, 2.45) is 11.7 Å².